The van der Waals surface area contributed by atoms with E-state index in [-0.39, 0.29) is 5.97 Å². The highest BCUT2D eigenvalue weighted by molar-refractivity contribution is 7.17. The maximum absolute atomic E-state index is 11.5. The molecule has 0 radical (unpaired) electrons. The number of thiazole rings is 1. The van der Waals surface area contributed by atoms with Crippen LogP contribution in [0.15, 0.2) is 0 Å². The summed E-state index contributed by atoms with van der Waals surface area (Å²) in [6.07, 6.45) is 5.58. The van der Waals surface area contributed by atoms with Crippen molar-refractivity contribution in [2.75, 3.05) is 19.0 Å². The number of aromatic nitrogens is 1. The first-order valence-corrected chi connectivity index (χ1v) is 7.80. The van der Waals surface area contributed by atoms with Gasteiger partial charge < -0.3 is 10.1 Å². The van der Waals surface area contributed by atoms with Crippen LogP contribution in [0.25, 0.3) is 0 Å². The standard InChI is InChI=1S/C14H20N2O2S/c1-8-12(13(17)18-2)19-14(16-8)15-7-11(9-3-4-9)10-5-6-10/h9-11H,3-7H2,1-2H3,(H,15,16). The van der Waals surface area contributed by atoms with Gasteiger partial charge in [0.05, 0.1) is 12.8 Å². The molecule has 2 saturated carbocycles. The number of anilines is 1. The van der Waals surface area contributed by atoms with Gasteiger partial charge in [0, 0.05) is 6.54 Å². The Morgan fingerprint density at radius 3 is 2.58 bits per heavy atom. The maximum atomic E-state index is 11.5. The molecule has 1 N–H and O–H groups in total. The molecule has 0 aromatic carbocycles. The smallest absolute Gasteiger partial charge is 0.350 e. The summed E-state index contributed by atoms with van der Waals surface area (Å²) in [4.78, 5) is 16.6. The summed E-state index contributed by atoms with van der Waals surface area (Å²) >= 11 is 1.40. The van der Waals surface area contributed by atoms with Crippen molar-refractivity contribution < 1.29 is 9.53 Å². The number of hydrogen-bond acceptors (Lipinski definition) is 5. The van der Waals surface area contributed by atoms with E-state index in [9.17, 15) is 4.79 Å². The van der Waals surface area contributed by atoms with Gasteiger partial charge in [0.1, 0.15) is 4.88 Å². The van der Waals surface area contributed by atoms with Gasteiger partial charge in [0.15, 0.2) is 5.13 Å². The molecule has 1 heterocycles. The van der Waals surface area contributed by atoms with Crippen LogP contribution in [0, 0.1) is 24.7 Å². The Kier molecular flexibility index (Phi) is 3.48. The number of hydrogen-bond donors (Lipinski definition) is 1. The Balaban J connectivity index is 1.61. The lowest BCUT2D eigenvalue weighted by atomic mass is 9.98. The molecule has 0 amide bonds. The van der Waals surface area contributed by atoms with Crippen molar-refractivity contribution in [2.45, 2.75) is 32.6 Å². The number of rotatable bonds is 6. The zero-order valence-electron chi connectivity index (χ0n) is 11.4. The molecule has 0 atom stereocenters. The highest BCUT2D eigenvalue weighted by atomic mass is 32.1. The summed E-state index contributed by atoms with van der Waals surface area (Å²) in [5, 5.41) is 4.28. The van der Waals surface area contributed by atoms with E-state index < -0.39 is 0 Å². The minimum atomic E-state index is -0.288. The van der Waals surface area contributed by atoms with E-state index in [1.54, 1.807) is 0 Å². The molecule has 0 aliphatic heterocycles. The molecule has 1 aromatic heterocycles. The molecular formula is C14H20N2O2S. The number of carbonyl (C=O) groups is 1. The van der Waals surface area contributed by atoms with Crippen molar-refractivity contribution in [3.8, 4) is 0 Å². The van der Waals surface area contributed by atoms with Gasteiger partial charge in [0.2, 0.25) is 0 Å². The third-order valence-corrected chi connectivity index (χ3v) is 5.21. The molecule has 1 aromatic rings. The molecule has 3 rings (SSSR count). The van der Waals surface area contributed by atoms with Crippen LogP contribution in [-0.4, -0.2) is 24.6 Å². The Bertz CT molecular complexity index is 466. The molecule has 2 aliphatic carbocycles. The normalized spacial score (nSPS) is 18.7. The van der Waals surface area contributed by atoms with Crippen LogP contribution in [0.3, 0.4) is 0 Å². The Hall–Kier alpha value is -1.10. The summed E-state index contributed by atoms with van der Waals surface area (Å²) in [7, 11) is 1.41. The average molecular weight is 280 g/mol. The summed E-state index contributed by atoms with van der Waals surface area (Å²) in [5.74, 6) is 2.39. The molecule has 2 aliphatic rings. The van der Waals surface area contributed by atoms with Gasteiger partial charge >= 0.3 is 5.97 Å². The highest BCUT2D eigenvalue weighted by Crippen LogP contribution is 2.49. The van der Waals surface area contributed by atoms with E-state index in [0.717, 1.165) is 35.1 Å². The monoisotopic (exact) mass is 280 g/mol. The molecular weight excluding hydrogens is 260 g/mol. The minimum Gasteiger partial charge on any atom is -0.465 e. The second kappa shape index (κ2) is 5.12. The van der Waals surface area contributed by atoms with Gasteiger partial charge in [-0.15, -0.1) is 0 Å². The van der Waals surface area contributed by atoms with Crippen molar-refractivity contribution in [3.05, 3.63) is 10.6 Å². The van der Waals surface area contributed by atoms with Gasteiger partial charge in [-0.05, 0) is 50.4 Å². The lowest BCUT2D eigenvalue weighted by Gasteiger charge is -2.15. The molecule has 5 heteroatoms. The van der Waals surface area contributed by atoms with Crippen molar-refractivity contribution in [1.29, 1.82) is 0 Å². The molecule has 4 nitrogen and oxygen atoms in total. The van der Waals surface area contributed by atoms with Crippen molar-refractivity contribution >= 4 is 22.4 Å². The topological polar surface area (TPSA) is 51.2 Å². The van der Waals surface area contributed by atoms with Gasteiger partial charge in [-0.1, -0.05) is 11.3 Å². The number of methoxy groups -OCH3 is 1. The summed E-state index contributed by atoms with van der Waals surface area (Å²) in [6.45, 7) is 2.86. The largest absolute Gasteiger partial charge is 0.465 e. The van der Waals surface area contributed by atoms with E-state index in [0.29, 0.717) is 4.88 Å². The predicted molar refractivity (Wildman–Crippen MR) is 75.6 cm³/mol. The number of nitrogens with zero attached hydrogens (tertiary/aromatic N) is 1. The number of esters is 1. The summed E-state index contributed by atoms with van der Waals surface area (Å²) < 4.78 is 4.76. The lowest BCUT2D eigenvalue weighted by molar-refractivity contribution is 0.0605. The van der Waals surface area contributed by atoms with E-state index in [1.165, 1.54) is 44.1 Å². The van der Waals surface area contributed by atoms with Crippen LogP contribution in [0.2, 0.25) is 0 Å². The molecule has 2 fully saturated rings. The second-order valence-corrected chi connectivity index (χ2v) is 6.64. The molecule has 0 spiro atoms. The first kappa shape index (κ1) is 12.9. The molecule has 0 saturated heterocycles. The number of aryl methyl sites for hydroxylation is 1. The Morgan fingerprint density at radius 1 is 1.42 bits per heavy atom. The molecule has 0 unspecified atom stereocenters. The van der Waals surface area contributed by atoms with Crippen molar-refractivity contribution in [3.63, 3.8) is 0 Å². The SMILES string of the molecule is COC(=O)c1sc(NCC(C2CC2)C2CC2)nc1C. The predicted octanol–water partition coefficient (Wildman–Crippen LogP) is 3.09. The zero-order valence-corrected chi connectivity index (χ0v) is 12.3. The van der Waals surface area contributed by atoms with E-state index in [1.807, 2.05) is 6.92 Å². The first-order chi connectivity index (χ1) is 9.19. The molecule has 0 bridgehead atoms. The van der Waals surface area contributed by atoms with E-state index in [2.05, 4.69) is 10.3 Å². The second-order valence-electron chi connectivity index (χ2n) is 5.64. The van der Waals surface area contributed by atoms with E-state index >= 15 is 0 Å². The molecule has 104 valence electrons. The van der Waals surface area contributed by atoms with Crippen LogP contribution < -0.4 is 5.32 Å². The van der Waals surface area contributed by atoms with Gasteiger partial charge in [-0.2, -0.15) is 0 Å². The van der Waals surface area contributed by atoms with Gasteiger partial charge in [0.25, 0.3) is 0 Å². The van der Waals surface area contributed by atoms with Crippen LogP contribution in [-0.2, 0) is 4.74 Å². The Labute approximate surface area is 117 Å². The fraction of sp³-hybridized carbons (Fsp3) is 0.714. The highest BCUT2D eigenvalue weighted by Gasteiger charge is 2.41. The number of ether oxygens (including phenoxy) is 1. The zero-order chi connectivity index (χ0) is 13.4. The lowest BCUT2D eigenvalue weighted by Crippen LogP contribution is -2.18. The number of carbonyl (C=O) groups excluding carboxylic acids is 1. The van der Waals surface area contributed by atoms with Gasteiger partial charge in [-0.25, -0.2) is 9.78 Å². The van der Waals surface area contributed by atoms with Crippen LogP contribution >= 0.6 is 11.3 Å². The van der Waals surface area contributed by atoms with Crippen LogP contribution in [0.5, 0.6) is 0 Å². The maximum Gasteiger partial charge on any atom is 0.350 e. The third kappa shape index (κ3) is 2.91. The first-order valence-electron chi connectivity index (χ1n) is 6.98. The third-order valence-electron chi connectivity index (χ3n) is 4.11. The average Bonchev–Trinajstić information content (AvgIpc) is 3.29. The summed E-state index contributed by atoms with van der Waals surface area (Å²) in [5.41, 5.74) is 0.758. The quantitative estimate of drug-likeness (QED) is 0.814. The number of nitrogens with one attached hydrogen (secondary N) is 1. The van der Waals surface area contributed by atoms with Crippen LogP contribution in [0.4, 0.5) is 5.13 Å². The molecule has 19 heavy (non-hydrogen) atoms. The fourth-order valence-electron chi connectivity index (χ4n) is 2.73. The Morgan fingerprint density at radius 2 is 2.05 bits per heavy atom. The van der Waals surface area contributed by atoms with E-state index in [4.69, 9.17) is 4.74 Å². The van der Waals surface area contributed by atoms with Gasteiger partial charge in [-0.3, -0.25) is 0 Å². The van der Waals surface area contributed by atoms with Crippen molar-refractivity contribution in [1.82, 2.24) is 4.98 Å². The fourth-order valence-corrected chi connectivity index (χ4v) is 3.62. The minimum absolute atomic E-state index is 0.288. The summed E-state index contributed by atoms with van der Waals surface area (Å²) in [6, 6.07) is 0. The van der Waals surface area contributed by atoms with Crippen molar-refractivity contribution in [2.24, 2.45) is 17.8 Å². The van der Waals surface area contributed by atoms with Crippen LogP contribution in [0.1, 0.15) is 41.0 Å².